The standard InChI is InChI=1S/C23H22N4O2S.C23H21N3O2S.2C22H18N4O4S.C22H20N4O2S/c1-15-4-3-5-16(12-15)14-27(2)17-6-8-18(9-7-17)30-20-10-11-24-13-19(20)21-22(28)26-23(29)25-21;1-15-3-2-4-17(13-15)6-5-16-7-9-18(10-8-16)29-20-11-12-24-14-19(20)21-22(27)26-23(28)25-21;1-13(27)18-10-14(6-9-24-18)12-30-15-2-4-16(5-3-15)31-19-7-8-23-11-17(19)20-21(28)26-22(29)25-20;1-13(27)18-10-14(6-9-24-18)12-30-15-2-4-16(5-3-15)31-19-11-23-8-7-17(19)20-21(28)26-22(29)25-20;1-14-3-2-4-15(11-14)12-24-16-5-7-17(8-6-16)29-19-9-10-23-13-18(19)20-21(27)26-22(28)25-20/h3-13,21H,14H2,1-2H3,(H2,25,26,28,29);2-4,7-14,21H,5-6H2,1H3,(H2,25,26,27,28);2*2-11,20H,12H2,1H3,(H2,25,26,28,29);2-11,13,20,24H,12H2,1H3,(H2,25,26,27,28). The number of urea groups is 5. The van der Waals surface area contributed by atoms with Gasteiger partial charge in [0.25, 0.3) is 29.5 Å². The van der Waals surface area contributed by atoms with Crippen LogP contribution in [0.1, 0.15) is 143 Å². The number of carbonyl (C=O) groups excluding carboxylic acids is 12. The van der Waals surface area contributed by atoms with E-state index in [4.69, 9.17) is 9.47 Å². The van der Waals surface area contributed by atoms with Gasteiger partial charge in [-0.25, -0.2) is 24.0 Å². The minimum absolute atomic E-state index is 0.0895. The maximum Gasteiger partial charge on any atom is 0.322 e. The summed E-state index contributed by atoms with van der Waals surface area (Å²) in [5, 5.41) is 27.8. The van der Waals surface area contributed by atoms with Crippen molar-refractivity contribution in [3.8, 4) is 11.5 Å². The summed E-state index contributed by atoms with van der Waals surface area (Å²) in [5.74, 6) is -0.665. The monoisotopic (exact) mass is 2090 g/mol. The van der Waals surface area contributed by atoms with Crippen molar-refractivity contribution < 1.29 is 67.0 Å². The molecular weight excluding hydrogens is 2000 g/mol. The van der Waals surface area contributed by atoms with Crippen LogP contribution in [0.25, 0.3) is 0 Å². The number of aromatic nitrogens is 7. The first kappa shape index (κ1) is 106. The average Bonchev–Trinajstić information content (AvgIpc) is 1.68. The van der Waals surface area contributed by atoms with Crippen LogP contribution in [0.2, 0.25) is 0 Å². The van der Waals surface area contributed by atoms with Crippen molar-refractivity contribution in [2.75, 3.05) is 17.3 Å². The Bertz CT molecular complexity index is 7180. The number of benzene rings is 8. The predicted molar refractivity (Wildman–Crippen MR) is 569 cm³/mol. The number of Topliss-reactive ketones (excluding diaryl/α,β-unsaturated/α-hetero) is 2. The highest BCUT2D eigenvalue weighted by molar-refractivity contribution is 8.00. The Labute approximate surface area is 884 Å². The third-order valence-electron chi connectivity index (χ3n) is 23.4. The van der Waals surface area contributed by atoms with E-state index in [0.29, 0.717) is 63.9 Å². The Morgan fingerprint density at radius 1 is 0.320 bits per heavy atom. The fourth-order valence-electron chi connectivity index (χ4n) is 15.9. The second-order valence-corrected chi connectivity index (χ2v) is 40.2. The normalized spacial score (nSPS) is 15.5. The van der Waals surface area contributed by atoms with E-state index in [1.54, 1.807) is 134 Å². The van der Waals surface area contributed by atoms with E-state index in [1.807, 2.05) is 91.0 Å². The van der Waals surface area contributed by atoms with Crippen LogP contribution < -0.4 is 72.9 Å². The first-order chi connectivity index (χ1) is 72.6. The molecule has 756 valence electrons. The number of ether oxygens (including phenoxy) is 2. The molecule has 0 saturated carbocycles. The molecule has 5 aliphatic heterocycles. The molecule has 20 rings (SSSR count). The van der Waals surface area contributed by atoms with Crippen LogP contribution in [0.5, 0.6) is 11.5 Å². The van der Waals surface area contributed by atoms with Crippen molar-refractivity contribution >= 4 is 141 Å². The summed E-state index contributed by atoms with van der Waals surface area (Å²) in [6.45, 7) is 11.5. The van der Waals surface area contributed by atoms with E-state index in [2.05, 4.69) is 247 Å². The molecular formula is C112H99N19O14S5. The number of carbonyl (C=O) groups is 12. The zero-order chi connectivity index (χ0) is 105. The van der Waals surface area contributed by atoms with Crippen LogP contribution in [0, 0.1) is 20.8 Å². The highest BCUT2D eigenvalue weighted by Crippen LogP contribution is 2.41. The van der Waals surface area contributed by atoms with E-state index < -0.39 is 66.3 Å². The maximum atomic E-state index is 12.0. The molecule has 0 spiro atoms. The molecule has 0 aliphatic carbocycles. The van der Waals surface area contributed by atoms with Gasteiger partial charge in [0.1, 0.15) is 66.3 Å². The first-order valence-corrected chi connectivity index (χ1v) is 51.2. The topological polar surface area (TPSA) is 449 Å². The van der Waals surface area contributed by atoms with Crippen LogP contribution in [0.3, 0.4) is 0 Å². The van der Waals surface area contributed by atoms with Gasteiger partial charge in [-0.05, 0) is 231 Å². The second kappa shape index (κ2) is 50.7. The fraction of sp³-hybridized carbons (Fsp3) is 0.152. The quantitative estimate of drug-likeness (QED) is 0.0138. The minimum atomic E-state index is -0.758. The molecule has 33 nitrogen and oxygen atoms in total. The second-order valence-electron chi connectivity index (χ2n) is 34.6. The molecule has 5 unspecified atom stereocenters. The number of anilines is 2. The largest absolute Gasteiger partial charge is 0.489 e. The number of hydrogen-bond donors (Lipinski definition) is 11. The lowest BCUT2D eigenvalue weighted by Crippen LogP contribution is -2.22. The van der Waals surface area contributed by atoms with Gasteiger partial charge in [0.2, 0.25) is 0 Å². The van der Waals surface area contributed by atoms with Crippen molar-refractivity contribution in [3.63, 3.8) is 0 Å². The zero-order valence-electron chi connectivity index (χ0n) is 81.6. The number of nitrogens with zero attached hydrogens (tertiary/aromatic N) is 8. The van der Waals surface area contributed by atoms with Crippen LogP contribution >= 0.6 is 58.8 Å². The molecule has 5 saturated heterocycles. The van der Waals surface area contributed by atoms with Gasteiger partial charge in [-0.2, -0.15) is 0 Å². The molecule has 12 heterocycles. The lowest BCUT2D eigenvalue weighted by atomic mass is 10.0. The molecule has 15 aromatic rings. The van der Waals surface area contributed by atoms with Crippen molar-refractivity contribution in [2.24, 2.45) is 0 Å². The molecule has 0 radical (unpaired) electrons. The minimum Gasteiger partial charge on any atom is -0.489 e. The van der Waals surface area contributed by atoms with Gasteiger partial charge in [0, 0.05) is 196 Å². The summed E-state index contributed by atoms with van der Waals surface area (Å²) in [4.78, 5) is 180. The number of imide groups is 5. The molecule has 8 aromatic carbocycles. The van der Waals surface area contributed by atoms with Crippen molar-refractivity contribution in [1.82, 2.24) is 88.1 Å². The Hall–Kier alpha value is -17.2. The van der Waals surface area contributed by atoms with Crippen LogP contribution in [0.15, 0.2) is 372 Å². The molecule has 7 aromatic heterocycles. The van der Waals surface area contributed by atoms with Gasteiger partial charge in [-0.15, -0.1) is 0 Å². The number of pyridine rings is 7. The van der Waals surface area contributed by atoms with Gasteiger partial charge in [0.15, 0.2) is 11.6 Å². The van der Waals surface area contributed by atoms with E-state index in [1.165, 1.54) is 88.1 Å². The third kappa shape index (κ3) is 29.4. The molecule has 11 N–H and O–H groups in total. The zero-order valence-corrected chi connectivity index (χ0v) is 85.6. The summed E-state index contributed by atoms with van der Waals surface area (Å²) in [5.41, 5.74) is 17.0. The van der Waals surface area contributed by atoms with Gasteiger partial charge in [-0.3, -0.25) is 95.0 Å². The Kier molecular flexibility index (Phi) is 35.7. The average molecular weight is 2100 g/mol. The Morgan fingerprint density at radius 2 is 0.640 bits per heavy atom. The molecule has 0 bridgehead atoms. The lowest BCUT2D eigenvalue weighted by molar-refractivity contribution is -0.121. The molecule has 5 fully saturated rings. The summed E-state index contributed by atoms with van der Waals surface area (Å²) >= 11 is 7.53. The number of nitrogens with one attached hydrogen (secondary N) is 11. The lowest BCUT2D eigenvalue weighted by Gasteiger charge is -2.20. The number of amides is 15. The van der Waals surface area contributed by atoms with Crippen molar-refractivity contribution in [1.29, 1.82) is 0 Å². The summed E-state index contributed by atoms with van der Waals surface area (Å²) in [7, 11) is 2.08. The summed E-state index contributed by atoms with van der Waals surface area (Å²) < 4.78 is 11.6. The Morgan fingerprint density at radius 3 is 1.01 bits per heavy atom. The maximum absolute atomic E-state index is 12.0. The van der Waals surface area contributed by atoms with Crippen molar-refractivity contribution in [2.45, 2.75) is 153 Å². The third-order valence-corrected chi connectivity index (χ3v) is 28.8. The van der Waals surface area contributed by atoms with Crippen LogP contribution in [0.4, 0.5) is 35.3 Å². The van der Waals surface area contributed by atoms with E-state index in [-0.39, 0.29) is 35.2 Å². The SMILES string of the molecule is CC(=O)c1cc(COc2ccc(Sc3ccncc3C3NC(=O)NC3=O)cc2)ccn1.CC(=O)c1cc(COc2ccc(Sc3cnccc3C3NC(=O)NC3=O)cc2)ccn1.Cc1cccc(CCc2ccc(Sc3ccncc3C3NC(=O)NC3=O)cc2)c1.Cc1cccc(CN(C)c2ccc(Sc3ccncc3C3NC(=O)NC3=O)cc2)c1.Cc1cccc(CNc2ccc(Sc3ccncc3C3NC(=O)NC3=O)cc2)c1. The highest BCUT2D eigenvalue weighted by atomic mass is 32.2. The van der Waals surface area contributed by atoms with Gasteiger partial charge in [-0.1, -0.05) is 160 Å². The number of hydrogen-bond acceptors (Lipinski definition) is 28. The molecule has 5 aliphatic rings. The van der Waals surface area contributed by atoms with Gasteiger partial charge < -0.3 is 46.3 Å². The smallest absolute Gasteiger partial charge is 0.322 e. The molecule has 5 atom stereocenters. The fourth-order valence-corrected chi connectivity index (χ4v) is 20.6. The highest BCUT2D eigenvalue weighted by Gasteiger charge is 2.38. The number of aryl methyl sites for hydroxylation is 5. The molecule has 38 heteroatoms. The first-order valence-electron chi connectivity index (χ1n) is 47.1. The summed E-state index contributed by atoms with van der Waals surface area (Å²) in [6, 6.07) is 75.5. The van der Waals surface area contributed by atoms with Gasteiger partial charge >= 0.3 is 30.2 Å². The van der Waals surface area contributed by atoms with Gasteiger partial charge in [0.05, 0.1) is 0 Å². The number of rotatable bonds is 32. The van der Waals surface area contributed by atoms with E-state index in [9.17, 15) is 57.5 Å². The van der Waals surface area contributed by atoms with Crippen LogP contribution in [-0.2, 0) is 63.1 Å². The molecule has 15 amide bonds. The van der Waals surface area contributed by atoms with Crippen molar-refractivity contribution in [3.05, 3.63) is 412 Å². The van der Waals surface area contributed by atoms with E-state index >= 15 is 0 Å². The molecule has 150 heavy (non-hydrogen) atoms. The summed E-state index contributed by atoms with van der Waals surface area (Å²) in [6.07, 6.45) is 21.6. The van der Waals surface area contributed by atoms with E-state index in [0.717, 1.165) is 97.4 Å². The van der Waals surface area contributed by atoms with Crippen LogP contribution in [-0.4, -0.2) is 113 Å². The number of ketones is 2. The predicted octanol–water partition coefficient (Wildman–Crippen LogP) is 18.9. The Balaban J connectivity index is 0.000000133.